The summed E-state index contributed by atoms with van der Waals surface area (Å²) in [4.78, 5) is 16.3. The number of thioether (sulfide) groups is 1. The van der Waals surface area contributed by atoms with E-state index in [2.05, 4.69) is 10.3 Å². The summed E-state index contributed by atoms with van der Waals surface area (Å²) in [7, 11) is 0. The van der Waals surface area contributed by atoms with E-state index in [1.165, 1.54) is 0 Å². The second-order valence-electron chi connectivity index (χ2n) is 4.85. The lowest BCUT2D eigenvalue weighted by atomic mass is 10.2. The van der Waals surface area contributed by atoms with E-state index in [-0.39, 0.29) is 12.5 Å². The summed E-state index contributed by atoms with van der Waals surface area (Å²) in [6, 6.07) is 5.47. The van der Waals surface area contributed by atoms with Crippen molar-refractivity contribution in [1.29, 1.82) is 0 Å². The molecule has 0 radical (unpaired) electrons. The number of hydrogen-bond donors (Lipinski definition) is 2. The summed E-state index contributed by atoms with van der Waals surface area (Å²) in [6.07, 6.45) is 2.42. The van der Waals surface area contributed by atoms with Crippen molar-refractivity contribution in [2.45, 2.75) is 26.0 Å². The molecule has 118 valence electrons. The van der Waals surface area contributed by atoms with Crippen LogP contribution in [0.4, 0.5) is 5.82 Å². The van der Waals surface area contributed by atoms with Crippen LogP contribution >= 0.6 is 11.8 Å². The minimum Gasteiger partial charge on any atom is -0.456 e. The summed E-state index contributed by atoms with van der Waals surface area (Å²) in [5, 5.41) is 11.5. The van der Waals surface area contributed by atoms with Crippen LogP contribution in [0.2, 0.25) is 0 Å². The van der Waals surface area contributed by atoms with Crippen molar-refractivity contribution in [2.24, 2.45) is 0 Å². The maximum absolute atomic E-state index is 12.2. The van der Waals surface area contributed by atoms with Crippen LogP contribution in [0.3, 0.4) is 0 Å². The predicted octanol–water partition coefficient (Wildman–Crippen LogP) is 3.02. The van der Waals surface area contributed by atoms with E-state index in [1.807, 2.05) is 26.0 Å². The molecule has 0 atom stereocenters. The van der Waals surface area contributed by atoms with Gasteiger partial charge in [-0.25, -0.2) is 4.98 Å². The Hall–Kier alpha value is -1.79. The number of nitrogens with one attached hydrogen (secondary N) is 1. The average molecular weight is 320 g/mol. The lowest BCUT2D eigenvalue weighted by molar-refractivity contribution is 0.0994. The van der Waals surface area contributed by atoms with Gasteiger partial charge >= 0.3 is 0 Å². The van der Waals surface area contributed by atoms with Gasteiger partial charge in [0.25, 0.3) is 5.91 Å². The van der Waals surface area contributed by atoms with Crippen LogP contribution in [0, 0.1) is 6.92 Å². The molecular formula is C16H20N2O3S. The molecule has 5 nitrogen and oxygen atoms in total. The van der Waals surface area contributed by atoms with Crippen LogP contribution in [0.15, 0.2) is 28.8 Å². The topological polar surface area (TPSA) is 75.4 Å². The van der Waals surface area contributed by atoms with Gasteiger partial charge < -0.3 is 14.8 Å². The van der Waals surface area contributed by atoms with Crippen LogP contribution in [0.25, 0.3) is 0 Å². The third kappa shape index (κ3) is 4.35. The molecule has 2 rings (SSSR count). The highest BCUT2D eigenvalue weighted by molar-refractivity contribution is 7.98. The van der Waals surface area contributed by atoms with E-state index in [0.29, 0.717) is 17.3 Å². The lowest BCUT2D eigenvalue weighted by Crippen LogP contribution is -2.12. The maximum Gasteiger partial charge on any atom is 0.292 e. The zero-order valence-electron chi connectivity index (χ0n) is 12.8. The predicted molar refractivity (Wildman–Crippen MR) is 88.3 cm³/mol. The van der Waals surface area contributed by atoms with Crippen LogP contribution in [0.1, 0.15) is 34.4 Å². The van der Waals surface area contributed by atoms with E-state index in [9.17, 15) is 4.79 Å². The van der Waals surface area contributed by atoms with Gasteiger partial charge in [-0.1, -0.05) is 6.92 Å². The van der Waals surface area contributed by atoms with Gasteiger partial charge in [-0.05, 0) is 36.2 Å². The number of carbonyl (C=O) groups excluding carboxylic acids is 1. The fraction of sp³-hybridized carbons (Fsp3) is 0.375. The summed E-state index contributed by atoms with van der Waals surface area (Å²) in [6.45, 7) is 4.08. The molecule has 6 heteroatoms. The normalized spacial score (nSPS) is 10.7. The van der Waals surface area contributed by atoms with E-state index < -0.39 is 0 Å². The Morgan fingerprint density at radius 3 is 2.95 bits per heavy atom. The molecule has 22 heavy (non-hydrogen) atoms. The van der Waals surface area contributed by atoms with Gasteiger partial charge in [-0.15, -0.1) is 0 Å². The molecule has 0 unspecified atom stereocenters. The van der Waals surface area contributed by atoms with Gasteiger partial charge in [0.05, 0.1) is 6.61 Å². The number of aliphatic hydroxyl groups excluding tert-OH is 1. The van der Waals surface area contributed by atoms with Crippen molar-refractivity contribution >= 4 is 23.5 Å². The van der Waals surface area contributed by atoms with Crippen molar-refractivity contribution in [2.75, 3.05) is 17.7 Å². The van der Waals surface area contributed by atoms with Crippen molar-refractivity contribution < 1.29 is 14.3 Å². The van der Waals surface area contributed by atoms with E-state index >= 15 is 0 Å². The molecule has 0 aromatic carbocycles. The number of carbonyl (C=O) groups is 1. The molecule has 0 aliphatic rings. The number of hydrogen-bond acceptors (Lipinski definition) is 5. The smallest absolute Gasteiger partial charge is 0.292 e. The summed E-state index contributed by atoms with van der Waals surface area (Å²) >= 11 is 1.63. The fourth-order valence-electron chi connectivity index (χ4n) is 2.05. The van der Waals surface area contributed by atoms with Gasteiger partial charge in [0.1, 0.15) is 11.6 Å². The third-order valence-corrected chi connectivity index (χ3v) is 4.14. The highest BCUT2D eigenvalue weighted by Gasteiger charge is 2.14. The maximum atomic E-state index is 12.2. The number of aliphatic hydroxyl groups is 1. The highest BCUT2D eigenvalue weighted by Crippen LogP contribution is 2.18. The summed E-state index contributed by atoms with van der Waals surface area (Å²) in [5.74, 6) is 2.79. The number of aromatic nitrogens is 1. The number of nitrogens with zero attached hydrogens (tertiary/aromatic N) is 1. The first-order valence-electron chi connectivity index (χ1n) is 7.18. The summed E-state index contributed by atoms with van der Waals surface area (Å²) in [5.41, 5.74) is 2.03. The fourth-order valence-corrected chi connectivity index (χ4v) is 2.74. The Morgan fingerprint density at radius 1 is 1.45 bits per heavy atom. The van der Waals surface area contributed by atoms with Gasteiger partial charge in [0, 0.05) is 24.1 Å². The van der Waals surface area contributed by atoms with Crippen molar-refractivity contribution in [3.05, 3.63) is 47.0 Å². The molecule has 0 aliphatic carbocycles. The average Bonchev–Trinajstić information content (AvgIpc) is 2.89. The molecule has 2 N–H and O–H groups in total. The molecule has 2 aromatic rings. The van der Waals surface area contributed by atoms with Crippen LogP contribution in [-0.2, 0) is 12.2 Å². The van der Waals surface area contributed by atoms with E-state index in [0.717, 1.165) is 29.1 Å². The van der Waals surface area contributed by atoms with E-state index in [4.69, 9.17) is 9.52 Å². The first kappa shape index (κ1) is 16.6. The van der Waals surface area contributed by atoms with Gasteiger partial charge in [0.2, 0.25) is 0 Å². The lowest BCUT2D eigenvalue weighted by Gasteiger charge is -2.05. The number of furan rings is 1. The van der Waals surface area contributed by atoms with Crippen LogP contribution in [-0.4, -0.2) is 28.4 Å². The third-order valence-electron chi connectivity index (χ3n) is 3.14. The largest absolute Gasteiger partial charge is 0.456 e. The molecule has 0 saturated carbocycles. The molecule has 0 saturated heterocycles. The quantitative estimate of drug-likeness (QED) is 0.767. The number of anilines is 1. The SMILES string of the molecule is CCc1oc(C(=O)Nc2cc(CSCCO)ccn2)cc1C. The molecule has 0 fully saturated rings. The Morgan fingerprint density at radius 2 is 2.27 bits per heavy atom. The Bertz CT molecular complexity index is 640. The minimum absolute atomic E-state index is 0.164. The summed E-state index contributed by atoms with van der Waals surface area (Å²) < 4.78 is 5.54. The molecular weight excluding hydrogens is 300 g/mol. The first-order chi connectivity index (χ1) is 10.6. The molecule has 1 amide bonds. The molecule has 0 spiro atoms. The Labute approximate surface area is 134 Å². The zero-order chi connectivity index (χ0) is 15.9. The van der Waals surface area contributed by atoms with Gasteiger partial charge in [-0.2, -0.15) is 11.8 Å². The van der Waals surface area contributed by atoms with Crippen LogP contribution < -0.4 is 5.32 Å². The minimum atomic E-state index is -0.296. The Balaban J connectivity index is 2.03. The Kier molecular flexibility index (Phi) is 6.03. The van der Waals surface area contributed by atoms with Gasteiger partial charge in [-0.3, -0.25) is 4.79 Å². The molecule has 0 bridgehead atoms. The van der Waals surface area contributed by atoms with Crippen molar-refractivity contribution in [3.8, 4) is 0 Å². The number of aryl methyl sites for hydroxylation is 2. The standard InChI is InChI=1S/C16H20N2O3S/c1-3-13-11(2)8-14(21-13)16(20)18-15-9-12(4-5-17-15)10-22-7-6-19/h4-5,8-9,19H,3,6-7,10H2,1-2H3,(H,17,18,20). The second-order valence-corrected chi connectivity index (χ2v) is 5.96. The second kappa shape index (κ2) is 8.00. The number of amides is 1. The highest BCUT2D eigenvalue weighted by atomic mass is 32.2. The van der Waals surface area contributed by atoms with Crippen molar-refractivity contribution in [3.63, 3.8) is 0 Å². The monoisotopic (exact) mass is 320 g/mol. The van der Waals surface area contributed by atoms with E-state index in [1.54, 1.807) is 24.0 Å². The number of rotatable bonds is 7. The van der Waals surface area contributed by atoms with Crippen LogP contribution in [0.5, 0.6) is 0 Å². The first-order valence-corrected chi connectivity index (χ1v) is 8.33. The zero-order valence-corrected chi connectivity index (χ0v) is 13.6. The number of pyridine rings is 1. The molecule has 2 aromatic heterocycles. The molecule has 2 heterocycles. The van der Waals surface area contributed by atoms with Gasteiger partial charge in [0.15, 0.2) is 5.76 Å². The molecule has 0 aliphatic heterocycles. The van der Waals surface area contributed by atoms with Crippen molar-refractivity contribution in [1.82, 2.24) is 4.98 Å².